The Morgan fingerprint density at radius 3 is 2.39 bits per heavy atom. The third-order valence-corrected chi connectivity index (χ3v) is 7.04. The van der Waals surface area contributed by atoms with E-state index in [1.54, 1.807) is 4.90 Å². The molecule has 1 aromatic heterocycles. The number of H-pyrrole nitrogens is 1. The molecular formula is C23H33N7O6. The molecule has 5 N–H and O–H groups in total. The molecule has 3 fully saturated rings. The minimum absolute atomic E-state index is 0.0572. The summed E-state index contributed by atoms with van der Waals surface area (Å²) < 4.78 is 0. The van der Waals surface area contributed by atoms with Crippen LogP contribution in [0.4, 0.5) is 0 Å². The van der Waals surface area contributed by atoms with Crippen LogP contribution in [0.15, 0.2) is 12.5 Å². The van der Waals surface area contributed by atoms with Crippen molar-refractivity contribution < 1.29 is 29.1 Å². The number of carboxylic acids is 1. The van der Waals surface area contributed by atoms with E-state index in [-0.39, 0.29) is 24.3 Å². The lowest BCUT2D eigenvalue weighted by Gasteiger charge is -2.32. The monoisotopic (exact) mass is 503 g/mol. The van der Waals surface area contributed by atoms with Gasteiger partial charge in [-0.3, -0.25) is 24.0 Å². The van der Waals surface area contributed by atoms with Gasteiger partial charge in [-0.2, -0.15) is 0 Å². The van der Waals surface area contributed by atoms with Crippen LogP contribution in [0.5, 0.6) is 0 Å². The lowest BCUT2D eigenvalue weighted by Crippen LogP contribution is -2.57. The Balaban J connectivity index is 1.42. The Morgan fingerprint density at radius 1 is 1.03 bits per heavy atom. The highest BCUT2D eigenvalue weighted by Crippen LogP contribution is 2.26. The summed E-state index contributed by atoms with van der Waals surface area (Å²) in [4.78, 5) is 73.3. The minimum atomic E-state index is -1.20. The Bertz CT molecular complexity index is 978. The van der Waals surface area contributed by atoms with Crippen LogP contribution in [0.2, 0.25) is 0 Å². The van der Waals surface area contributed by atoms with Gasteiger partial charge in [-0.05, 0) is 45.1 Å². The van der Waals surface area contributed by atoms with E-state index < -0.39 is 42.5 Å². The maximum atomic E-state index is 13.5. The van der Waals surface area contributed by atoms with Gasteiger partial charge in [0.2, 0.25) is 23.6 Å². The number of hydrogen-bond acceptors (Lipinski definition) is 7. The van der Waals surface area contributed by atoms with Crippen molar-refractivity contribution in [2.45, 2.75) is 69.1 Å². The number of nitrogens with zero attached hydrogens (tertiary/aromatic N) is 3. The third-order valence-electron chi connectivity index (χ3n) is 7.04. The minimum Gasteiger partial charge on any atom is -0.480 e. The quantitative estimate of drug-likeness (QED) is 0.267. The van der Waals surface area contributed by atoms with E-state index in [1.807, 2.05) is 0 Å². The van der Waals surface area contributed by atoms with Crippen LogP contribution in [0, 0.1) is 0 Å². The first-order chi connectivity index (χ1) is 17.3. The fourth-order valence-corrected chi connectivity index (χ4v) is 5.26. The number of nitrogens with one attached hydrogen (secondary N) is 4. The number of hydrogen-bond donors (Lipinski definition) is 5. The summed E-state index contributed by atoms with van der Waals surface area (Å²) in [5.41, 5.74) is 0.589. The second-order valence-corrected chi connectivity index (χ2v) is 9.48. The lowest BCUT2D eigenvalue weighted by molar-refractivity contribution is -0.147. The predicted molar refractivity (Wildman–Crippen MR) is 125 cm³/mol. The molecule has 36 heavy (non-hydrogen) atoms. The molecule has 0 bridgehead atoms. The Labute approximate surface area is 208 Å². The van der Waals surface area contributed by atoms with Crippen molar-refractivity contribution in [2.24, 2.45) is 0 Å². The maximum Gasteiger partial charge on any atom is 0.322 e. The van der Waals surface area contributed by atoms with Crippen LogP contribution < -0.4 is 16.0 Å². The Hall–Kier alpha value is -3.48. The number of aromatic nitrogens is 2. The Morgan fingerprint density at radius 2 is 1.75 bits per heavy atom. The van der Waals surface area contributed by atoms with Crippen molar-refractivity contribution >= 4 is 29.6 Å². The van der Waals surface area contributed by atoms with Gasteiger partial charge in [-0.1, -0.05) is 0 Å². The molecule has 1 aromatic rings. The molecule has 196 valence electrons. The zero-order valence-electron chi connectivity index (χ0n) is 20.1. The summed E-state index contributed by atoms with van der Waals surface area (Å²) in [5.74, 6) is -2.63. The summed E-state index contributed by atoms with van der Waals surface area (Å²) in [6.07, 6.45) is 7.08. The summed E-state index contributed by atoms with van der Waals surface area (Å²) in [7, 11) is 0. The normalized spacial score (nSPS) is 24.5. The fourth-order valence-electron chi connectivity index (χ4n) is 5.26. The van der Waals surface area contributed by atoms with Gasteiger partial charge in [0.25, 0.3) is 0 Å². The molecule has 0 radical (unpaired) electrons. The lowest BCUT2D eigenvalue weighted by atomic mass is 10.1. The number of carboxylic acid groups (broad SMARTS) is 1. The fraction of sp³-hybridized carbons (Fsp3) is 0.652. The average Bonchev–Trinajstić information content (AvgIpc) is 3.68. The molecule has 4 atom stereocenters. The number of carbonyl (C=O) groups excluding carboxylic acids is 4. The van der Waals surface area contributed by atoms with Crippen molar-refractivity contribution in [3.63, 3.8) is 0 Å². The number of amides is 4. The van der Waals surface area contributed by atoms with Gasteiger partial charge >= 0.3 is 5.97 Å². The molecule has 3 aliphatic heterocycles. The first-order valence-corrected chi connectivity index (χ1v) is 12.5. The number of likely N-dealkylation sites (tertiary alicyclic amines) is 2. The summed E-state index contributed by atoms with van der Waals surface area (Å²) in [6.45, 7) is 1.13. The summed E-state index contributed by atoms with van der Waals surface area (Å²) >= 11 is 0. The van der Waals surface area contributed by atoms with Crippen LogP contribution in [-0.4, -0.2) is 105 Å². The SMILES string of the molecule is O=C(O)CNC(=O)[C@H](Cc1cnc[nH]1)NC(=O)[C@@H]1CCCN1C(=O)[C@@H]1CCCN1C(=O)[C@@H]1CCCN1. The van der Waals surface area contributed by atoms with Gasteiger partial charge in [-0.15, -0.1) is 0 Å². The number of carbonyl (C=O) groups is 5. The van der Waals surface area contributed by atoms with Gasteiger partial charge in [0.15, 0.2) is 0 Å². The third kappa shape index (κ3) is 5.83. The molecule has 3 aliphatic rings. The van der Waals surface area contributed by atoms with Crippen LogP contribution in [-0.2, 0) is 30.4 Å². The molecule has 0 aliphatic carbocycles. The van der Waals surface area contributed by atoms with E-state index in [2.05, 4.69) is 25.9 Å². The molecule has 4 amide bonds. The number of aliphatic carboxylic acids is 1. The van der Waals surface area contributed by atoms with Gasteiger partial charge in [0.1, 0.15) is 24.7 Å². The van der Waals surface area contributed by atoms with Gasteiger partial charge in [-0.25, -0.2) is 4.98 Å². The van der Waals surface area contributed by atoms with E-state index in [9.17, 15) is 24.0 Å². The first kappa shape index (κ1) is 25.6. The summed E-state index contributed by atoms with van der Waals surface area (Å²) in [5, 5.41) is 17.1. The molecule has 13 nitrogen and oxygen atoms in total. The zero-order chi connectivity index (χ0) is 25.7. The topological polar surface area (TPSA) is 177 Å². The zero-order valence-corrected chi connectivity index (χ0v) is 20.1. The highest BCUT2D eigenvalue weighted by atomic mass is 16.4. The van der Waals surface area contributed by atoms with Crippen LogP contribution in [0.25, 0.3) is 0 Å². The van der Waals surface area contributed by atoms with Crippen LogP contribution in [0.1, 0.15) is 44.2 Å². The number of rotatable bonds is 9. The molecule has 0 aromatic carbocycles. The maximum absolute atomic E-state index is 13.5. The van der Waals surface area contributed by atoms with Crippen molar-refractivity contribution in [3.8, 4) is 0 Å². The highest BCUT2D eigenvalue weighted by Gasteiger charge is 2.44. The second kappa shape index (κ2) is 11.5. The highest BCUT2D eigenvalue weighted by molar-refractivity contribution is 5.96. The summed E-state index contributed by atoms with van der Waals surface area (Å²) in [6, 6.07) is -2.67. The average molecular weight is 504 g/mol. The van der Waals surface area contributed by atoms with Crippen molar-refractivity contribution in [1.29, 1.82) is 0 Å². The van der Waals surface area contributed by atoms with E-state index in [0.29, 0.717) is 38.0 Å². The molecular weight excluding hydrogens is 470 g/mol. The Kier molecular flexibility index (Phi) is 8.18. The molecule has 0 unspecified atom stereocenters. The van der Waals surface area contributed by atoms with Gasteiger partial charge in [0, 0.05) is 31.4 Å². The molecule has 4 heterocycles. The van der Waals surface area contributed by atoms with Crippen molar-refractivity contribution in [3.05, 3.63) is 18.2 Å². The number of imidazole rings is 1. The van der Waals surface area contributed by atoms with E-state index >= 15 is 0 Å². The molecule has 3 saturated heterocycles. The predicted octanol–water partition coefficient (Wildman–Crippen LogP) is -1.63. The molecule has 0 spiro atoms. The van der Waals surface area contributed by atoms with Crippen LogP contribution >= 0.6 is 0 Å². The van der Waals surface area contributed by atoms with Crippen molar-refractivity contribution in [1.82, 2.24) is 35.7 Å². The molecule has 13 heteroatoms. The standard InChI is InChI=1S/C23H33N7O6/c31-19(32)12-26-20(33)16(10-14-11-24-13-27-14)28-21(34)17-5-2-8-29(17)23(36)18-6-3-9-30(18)22(35)15-4-1-7-25-15/h11,13,15-18,25H,1-10,12H2,(H,24,27)(H,26,33)(H,28,34)(H,31,32)/t15-,16-,17-,18-/m0/s1. The van der Waals surface area contributed by atoms with Crippen LogP contribution in [0.3, 0.4) is 0 Å². The molecule has 0 saturated carbocycles. The van der Waals surface area contributed by atoms with E-state index in [0.717, 1.165) is 25.8 Å². The first-order valence-electron chi connectivity index (χ1n) is 12.5. The molecule has 4 rings (SSSR count). The van der Waals surface area contributed by atoms with Gasteiger partial charge in [0.05, 0.1) is 12.4 Å². The second-order valence-electron chi connectivity index (χ2n) is 9.48. The van der Waals surface area contributed by atoms with E-state index in [1.165, 1.54) is 17.4 Å². The largest absolute Gasteiger partial charge is 0.480 e. The number of aromatic amines is 1. The van der Waals surface area contributed by atoms with Crippen molar-refractivity contribution in [2.75, 3.05) is 26.2 Å². The smallest absolute Gasteiger partial charge is 0.322 e. The van der Waals surface area contributed by atoms with E-state index in [4.69, 9.17) is 5.11 Å². The van der Waals surface area contributed by atoms with Gasteiger partial charge < -0.3 is 35.8 Å².